The summed E-state index contributed by atoms with van der Waals surface area (Å²) in [6, 6.07) is -0.797. The molecule has 0 spiro atoms. The fourth-order valence-corrected chi connectivity index (χ4v) is 8.81. The minimum atomic E-state index is -1.56. The molecule has 6 N–H and O–H groups in total. The highest BCUT2D eigenvalue weighted by Gasteiger charge is 2.44. The number of nitrogens with one attached hydrogen (secondary N) is 1. The number of aliphatic hydroxyl groups is 5. The Balaban J connectivity index is 2.02. The van der Waals surface area contributed by atoms with E-state index in [1.54, 1.807) is 6.08 Å². The largest absolute Gasteiger partial charge is 0.394 e. The zero-order valence-electron chi connectivity index (χ0n) is 40.6. The van der Waals surface area contributed by atoms with Gasteiger partial charge in [0.2, 0.25) is 5.91 Å². The summed E-state index contributed by atoms with van der Waals surface area (Å²) in [6.45, 7) is 3.73. The normalized spacial score (nSPS) is 20.3. The standard InChI is InChI=1S/C53H103NO8/c1-3-5-7-9-11-12-13-14-15-16-17-18-19-20-21-22-23-24-25-26-27-28-29-30-31-32-33-34-35-37-39-41-43-49(57)54-46(47(56)42-40-38-36-10-8-6-4-2)45-61-53-52(60)51(59)50(58)48(44-55)62-53/h40,42,46-48,50-53,55-56,58-60H,3-39,41,43-45H2,1-2H3,(H,54,57)/b42-40+. The van der Waals surface area contributed by atoms with Crippen molar-refractivity contribution in [2.45, 2.75) is 307 Å². The van der Waals surface area contributed by atoms with Crippen LogP contribution in [0, 0.1) is 0 Å². The van der Waals surface area contributed by atoms with Crippen molar-refractivity contribution < 1.29 is 39.8 Å². The average Bonchev–Trinajstić information content (AvgIpc) is 3.27. The first-order valence-electron chi connectivity index (χ1n) is 26.9. The minimum Gasteiger partial charge on any atom is -0.394 e. The van der Waals surface area contributed by atoms with E-state index in [2.05, 4.69) is 19.2 Å². The van der Waals surface area contributed by atoms with E-state index in [-0.39, 0.29) is 12.5 Å². The smallest absolute Gasteiger partial charge is 0.220 e. The van der Waals surface area contributed by atoms with Gasteiger partial charge in [0.05, 0.1) is 25.4 Å². The third-order valence-corrected chi connectivity index (χ3v) is 13.1. The van der Waals surface area contributed by atoms with Gasteiger partial charge in [-0.1, -0.05) is 251 Å². The molecule has 0 aromatic heterocycles. The Kier molecular flexibility index (Phi) is 41.6. The molecule has 7 unspecified atom stereocenters. The van der Waals surface area contributed by atoms with E-state index in [1.165, 1.54) is 205 Å². The molecule has 1 aliphatic heterocycles. The van der Waals surface area contributed by atoms with Crippen LogP contribution in [0.4, 0.5) is 0 Å². The van der Waals surface area contributed by atoms with Crippen LogP contribution < -0.4 is 5.32 Å². The monoisotopic (exact) mass is 882 g/mol. The second kappa shape index (κ2) is 43.8. The van der Waals surface area contributed by atoms with E-state index >= 15 is 0 Å². The first-order valence-corrected chi connectivity index (χ1v) is 26.9. The summed E-state index contributed by atoms with van der Waals surface area (Å²) in [5, 5.41) is 54.0. The Morgan fingerprint density at radius 2 is 0.887 bits per heavy atom. The molecule has 1 amide bonds. The van der Waals surface area contributed by atoms with Crippen molar-refractivity contribution in [2.75, 3.05) is 13.2 Å². The van der Waals surface area contributed by atoms with Crippen molar-refractivity contribution in [2.24, 2.45) is 0 Å². The first-order chi connectivity index (χ1) is 30.3. The van der Waals surface area contributed by atoms with Gasteiger partial charge >= 0.3 is 0 Å². The predicted molar refractivity (Wildman–Crippen MR) is 258 cm³/mol. The summed E-state index contributed by atoms with van der Waals surface area (Å²) in [5.74, 6) is -0.176. The van der Waals surface area contributed by atoms with E-state index < -0.39 is 49.5 Å². The maximum atomic E-state index is 12.9. The quantitative estimate of drug-likeness (QED) is 0.0261. The maximum Gasteiger partial charge on any atom is 0.220 e. The van der Waals surface area contributed by atoms with Gasteiger partial charge in [-0.25, -0.2) is 0 Å². The SMILES string of the molecule is CCCCCCC/C=C/C(O)C(COC1OC(CO)C(O)C(O)C1O)NC(=O)CCCCCCCCCCCCCCCCCCCCCCCCCCCCCCCCCC. The van der Waals surface area contributed by atoms with Gasteiger partial charge in [-0.15, -0.1) is 0 Å². The number of amides is 1. The first kappa shape index (κ1) is 58.9. The van der Waals surface area contributed by atoms with Crippen LogP contribution in [0.1, 0.15) is 264 Å². The predicted octanol–water partition coefficient (Wildman–Crippen LogP) is 12.5. The Hall–Kier alpha value is -1.07. The molecule has 1 aliphatic rings. The zero-order chi connectivity index (χ0) is 45.1. The second-order valence-corrected chi connectivity index (χ2v) is 19.0. The van der Waals surface area contributed by atoms with Gasteiger partial charge in [-0.3, -0.25) is 4.79 Å². The molecular weight excluding hydrogens is 779 g/mol. The number of allylic oxidation sites excluding steroid dienone is 1. The van der Waals surface area contributed by atoms with E-state index in [0.717, 1.165) is 38.5 Å². The fraction of sp³-hybridized carbons (Fsp3) is 0.943. The van der Waals surface area contributed by atoms with Crippen molar-refractivity contribution in [3.05, 3.63) is 12.2 Å². The number of aliphatic hydroxyl groups excluding tert-OH is 5. The molecule has 7 atom stereocenters. The molecule has 0 aromatic carbocycles. The molecule has 1 rings (SSSR count). The molecule has 62 heavy (non-hydrogen) atoms. The van der Waals surface area contributed by atoms with Gasteiger partial charge in [-0.2, -0.15) is 0 Å². The van der Waals surface area contributed by atoms with Gasteiger partial charge in [0, 0.05) is 6.42 Å². The Morgan fingerprint density at radius 1 is 0.532 bits per heavy atom. The molecule has 0 aliphatic carbocycles. The third-order valence-electron chi connectivity index (χ3n) is 13.1. The number of hydrogen-bond donors (Lipinski definition) is 6. The topological polar surface area (TPSA) is 149 Å². The van der Waals surface area contributed by atoms with Crippen LogP contribution >= 0.6 is 0 Å². The maximum absolute atomic E-state index is 12.9. The van der Waals surface area contributed by atoms with Gasteiger partial charge in [0.1, 0.15) is 24.4 Å². The molecule has 1 saturated heterocycles. The number of unbranched alkanes of at least 4 members (excludes halogenated alkanes) is 36. The number of carbonyl (C=O) groups excluding carboxylic acids is 1. The fourth-order valence-electron chi connectivity index (χ4n) is 8.81. The molecule has 9 nitrogen and oxygen atoms in total. The number of rotatable bonds is 46. The van der Waals surface area contributed by atoms with E-state index in [9.17, 15) is 30.3 Å². The number of carbonyl (C=O) groups is 1. The van der Waals surface area contributed by atoms with Crippen LogP contribution in [-0.2, 0) is 14.3 Å². The van der Waals surface area contributed by atoms with E-state index in [0.29, 0.717) is 6.42 Å². The van der Waals surface area contributed by atoms with Crippen LogP contribution in [0.2, 0.25) is 0 Å². The van der Waals surface area contributed by atoms with Crippen LogP contribution in [0.3, 0.4) is 0 Å². The summed E-state index contributed by atoms with van der Waals surface area (Å²) in [6.07, 6.45) is 46.2. The lowest BCUT2D eigenvalue weighted by atomic mass is 9.99. The van der Waals surface area contributed by atoms with E-state index in [4.69, 9.17) is 9.47 Å². The Morgan fingerprint density at radius 3 is 1.26 bits per heavy atom. The average molecular weight is 882 g/mol. The van der Waals surface area contributed by atoms with Crippen LogP contribution in [0.15, 0.2) is 12.2 Å². The van der Waals surface area contributed by atoms with Crippen LogP contribution in [0.25, 0.3) is 0 Å². The highest BCUT2D eigenvalue weighted by molar-refractivity contribution is 5.76. The second-order valence-electron chi connectivity index (χ2n) is 19.0. The molecule has 0 radical (unpaired) electrons. The molecule has 0 saturated carbocycles. The Labute approximate surface area is 382 Å². The lowest BCUT2D eigenvalue weighted by Gasteiger charge is -2.40. The summed E-state index contributed by atoms with van der Waals surface area (Å²) in [5.41, 5.74) is 0. The van der Waals surface area contributed by atoms with Crippen LogP contribution in [-0.4, -0.2) is 87.5 Å². The summed E-state index contributed by atoms with van der Waals surface area (Å²) >= 11 is 0. The van der Waals surface area contributed by atoms with Crippen LogP contribution in [0.5, 0.6) is 0 Å². The van der Waals surface area contributed by atoms with E-state index in [1.807, 2.05) is 6.08 Å². The molecule has 0 aromatic rings. The van der Waals surface area contributed by atoms with Crippen molar-refractivity contribution in [1.82, 2.24) is 5.32 Å². The lowest BCUT2D eigenvalue weighted by molar-refractivity contribution is -0.302. The highest BCUT2D eigenvalue weighted by atomic mass is 16.7. The highest BCUT2D eigenvalue weighted by Crippen LogP contribution is 2.23. The molecule has 9 heteroatoms. The molecule has 1 fully saturated rings. The zero-order valence-corrected chi connectivity index (χ0v) is 40.6. The van der Waals surface area contributed by atoms with Gasteiger partial charge in [0.15, 0.2) is 6.29 Å². The van der Waals surface area contributed by atoms with Gasteiger partial charge in [0.25, 0.3) is 0 Å². The molecular formula is C53H103NO8. The molecule has 1 heterocycles. The number of hydrogen-bond acceptors (Lipinski definition) is 8. The number of ether oxygens (including phenoxy) is 2. The summed E-state index contributed by atoms with van der Waals surface area (Å²) < 4.78 is 11.2. The summed E-state index contributed by atoms with van der Waals surface area (Å²) in [4.78, 5) is 12.9. The summed E-state index contributed by atoms with van der Waals surface area (Å²) in [7, 11) is 0. The van der Waals surface area contributed by atoms with Crippen molar-refractivity contribution in [3.8, 4) is 0 Å². The third kappa shape index (κ3) is 33.4. The van der Waals surface area contributed by atoms with Crippen molar-refractivity contribution in [3.63, 3.8) is 0 Å². The molecule has 368 valence electrons. The van der Waals surface area contributed by atoms with Gasteiger partial charge in [-0.05, 0) is 19.3 Å². The van der Waals surface area contributed by atoms with Crippen molar-refractivity contribution >= 4 is 5.91 Å². The van der Waals surface area contributed by atoms with Crippen molar-refractivity contribution in [1.29, 1.82) is 0 Å². The molecule has 0 bridgehead atoms. The Bertz CT molecular complexity index is 981. The minimum absolute atomic E-state index is 0.176. The van der Waals surface area contributed by atoms with Gasteiger partial charge < -0.3 is 40.3 Å². The lowest BCUT2D eigenvalue weighted by Crippen LogP contribution is -2.60.